The van der Waals surface area contributed by atoms with Crippen LogP contribution >= 0.6 is 11.6 Å². The molecule has 1 N–H and O–H groups in total. The van der Waals surface area contributed by atoms with E-state index in [-0.39, 0.29) is 0 Å². The molecular formula is C14H14ClNO. The third-order valence-electron chi connectivity index (χ3n) is 3.26. The predicted octanol–water partition coefficient (Wildman–Crippen LogP) is 4.42. The van der Waals surface area contributed by atoms with Gasteiger partial charge in [0, 0.05) is 12.0 Å². The number of aryl methyl sites for hydroxylation is 1. The zero-order chi connectivity index (χ0) is 11.7. The van der Waals surface area contributed by atoms with Crippen LogP contribution in [0.4, 0.5) is 5.69 Å². The highest BCUT2D eigenvalue weighted by Crippen LogP contribution is 2.34. The van der Waals surface area contributed by atoms with Gasteiger partial charge in [-0.2, -0.15) is 0 Å². The Kier molecular flexibility index (Phi) is 2.81. The summed E-state index contributed by atoms with van der Waals surface area (Å²) in [5, 5.41) is 4.27. The standard InChI is InChI=1S/C14H14ClNO/c15-11-4-1-2-5-13(11)16-12-6-3-7-14-10(12)8-9-17-14/h1-2,4-5,8-9,12,16H,3,6-7H2. The maximum atomic E-state index is 6.16. The Morgan fingerprint density at radius 2 is 2.12 bits per heavy atom. The number of furan rings is 1. The van der Waals surface area contributed by atoms with Gasteiger partial charge >= 0.3 is 0 Å². The molecule has 1 aromatic carbocycles. The van der Waals surface area contributed by atoms with Crippen molar-refractivity contribution in [2.24, 2.45) is 0 Å². The van der Waals surface area contributed by atoms with Gasteiger partial charge in [0.05, 0.1) is 23.0 Å². The zero-order valence-corrected chi connectivity index (χ0v) is 10.2. The van der Waals surface area contributed by atoms with E-state index in [1.54, 1.807) is 6.26 Å². The van der Waals surface area contributed by atoms with E-state index in [4.69, 9.17) is 16.0 Å². The van der Waals surface area contributed by atoms with Crippen molar-refractivity contribution < 1.29 is 4.42 Å². The number of anilines is 1. The van der Waals surface area contributed by atoms with Gasteiger partial charge in [0.15, 0.2) is 0 Å². The summed E-state index contributed by atoms with van der Waals surface area (Å²) in [5.41, 5.74) is 2.27. The second kappa shape index (κ2) is 4.46. The molecule has 0 radical (unpaired) electrons. The van der Waals surface area contributed by atoms with E-state index in [0.29, 0.717) is 6.04 Å². The summed E-state index contributed by atoms with van der Waals surface area (Å²) in [6.45, 7) is 0. The number of para-hydroxylation sites is 1. The third-order valence-corrected chi connectivity index (χ3v) is 3.59. The van der Waals surface area contributed by atoms with Gasteiger partial charge < -0.3 is 9.73 Å². The second-order valence-corrected chi connectivity index (χ2v) is 4.78. The molecule has 0 fully saturated rings. The number of nitrogens with one attached hydrogen (secondary N) is 1. The largest absolute Gasteiger partial charge is 0.469 e. The molecule has 0 bridgehead atoms. The fourth-order valence-corrected chi connectivity index (χ4v) is 2.59. The molecule has 0 amide bonds. The van der Waals surface area contributed by atoms with Gasteiger partial charge in [0.1, 0.15) is 5.76 Å². The van der Waals surface area contributed by atoms with Crippen molar-refractivity contribution >= 4 is 17.3 Å². The fraction of sp³-hybridized carbons (Fsp3) is 0.286. The van der Waals surface area contributed by atoms with Gasteiger partial charge in [0.2, 0.25) is 0 Å². The van der Waals surface area contributed by atoms with Crippen molar-refractivity contribution in [2.75, 3.05) is 5.32 Å². The second-order valence-electron chi connectivity index (χ2n) is 4.37. The van der Waals surface area contributed by atoms with Gasteiger partial charge in [-0.1, -0.05) is 23.7 Å². The average molecular weight is 248 g/mol. The first kappa shape index (κ1) is 10.7. The van der Waals surface area contributed by atoms with Gasteiger partial charge in [-0.05, 0) is 31.0 Å². The minimum atomic E-state index is 0.317. The van der Waals surface area contributed by atoms with E-state index in [9.17, 15) is 0 Å². The molecule has 1 atom stereocenters. The Bertz CT molecular complexity index is 520. The summed E-state index contributed by atoms with van der Waals surface area (Å²) in [6.07, 6.45) is 5.10. The first-order valence-corrected chi connectivity index (χ1v) is 6.30. The summed E-state index contributed by atoms with van der Waals surface area (Å²) in [7, 11) is 0. The topological polar surface area (TPSA) is 25.2 Å². The van der Waals surface area contributed by atoms with E-state index in [1.807, 2.05) is 24.3 Å². The fourth-order valence-electron chi connectivity index (χ4n) is 2.40. The molecule has 0 aliphatic heterocycles. The lowest BCUT2D eigenvalue weighted by molar-refractivity contribution is 0.461. The molecule has 2 aromatic rings. The van der Waals surface area contributed by atoms with E-state index >= 15 is 0 Å². The lowest BCUT2D eigenvalue weighted by Gasteiger charge is -2.24. The maximum absolute atomic E-state index is 6.16. The smallest absolute Gasteiger partial charge is 0.109 e. The van der Waals surface area contributed by atoms with Crippen LogP contribution in [-0.2, 0) is 6.42 Å². The normalized spacial score (nSPS) is 18.8. The summed E-state index contributed by atoms with van der Waals surface area (Å²) >= 11 is 6.16. The van der Waals surface area contributed by atoms with Gasteiger partial charge in [-0.15, -0.1) is 0 Å². The van der Waals surface area contributed by atoms with Crippen molar-refractivity contribution in [1.82, 2.24) is 0 Å². The van der Waals surface area contributed by atoms with Crippen LogP contribution in [-0.4, -0.2) is 0 Å². The minimum Gasteiger partial charge on any atom is -0.469 e. The molecule has 2 nitrogen and oxygen atoms in total. The highest BCUT2D eigenvalue weighted by atomic mass is 35.5. The van der Waals surface area contributed by atoms with Gasteiger partial charge in [-0.25, -0.2) is 0 Å². The average Bonchev–Trinajstić information content (AvgIpc) is 2.81. The molecule has 0 saturated carbocycles. The molecule has 17 heavy (non-hydrogen) atoms. The lowest BCUT2D eigenvalue weighted by Crippen LogP contribution is -2.16. The summed E-state index contributed by atoms with van der Waals surface area (Å²) < 4.78 is 5.48. The highest BCUT2D eigenvalue weighted by molar-refractivity contribution is 6.33. The van der Waals surface area contributed by atoms with Crippen molar-refractivity contribution in [2.45, 2.75) is 25.3 Å². The van der Waals surface area contributed by atoms with Crippen LogP contribution in [0.15, 0.2) is 41.0 Å². The van der Waals surface area contributed by atoms with E-state index in [0.717, 1.165) is 35.7 Å². The maximum Gasteiger partial charge on any atom is 0.109 e. The number of hydrogen-bond donors (Lipinski definition) is 1. The molecule has 3 heteroatoms. The molecule has 0 saturated heterocycles. The quantitative estimate of drug-likeness (QED) is 0.850. The van der Waals surface area contributed by atoms with Crippen LogP contribution in [0, 0.1) is 0 Å². The Balaban J connectivity index is 1.86. The Labute approximate surface area is 106 Å². The van der Waals surface area contributed by atoms with Crippen LogP contribution in [0.2, 0.25) is 5.02 Å². The molecule has 1 aliphatic rings. The summed E-state index contributed by atoms with van der Waals surface area (Å²) in [6, 6.07) is 10.2. The Morgan fingerprint density at radius 1 is 1.24 bits per heavy atom. The number of rotatable bonds is 2. The number of hydrogen-bond acceptors (Lipinski definition) is 2. The van der Waals surface area contributed by atoms with E-state index in [1.165, 1.54) is 5.56 Å². The monoisotopic (exact) mass is 247 g/mol. The molecule has 1 aromatic heterocycles. The Hall–Kier alpha value is -1.41. The molecule has 88 valence electrons. The summed E-state index contributed by atoms with van der Waals surface area (Å²) in [4.78, 5) is 0. The van der Waals surface area contributed by atoms with Crippen LogP contribution in [0.3, 0.4) is 0 Å². The molecule has 0 spiro atoms. The SMILES string of the molecule is Clc1ccccc1NC1CCCc2occc21. The number of halogens is 1. The van der Waals surface area contributed by atoms with Crippen molar-refractivity contribution in [3.8, 4) is 0 Å². The zero-order valence-electron chi connectivity index (χ0n) is 9.45. The first-order valence-electron chi connectivity index (χ1n) is 5.92. The number of benzene rings is 1. The van der Waals surface area contributed by atoms with Crippen LogP contribution in [0.1, 0.15) is 30.2 Å². The van der Waals surface area contributed by atoms with Crippen molar-refractivity contribution in [1.29, 1.82) is 0 Å². The highest BCUT2D eigenvalue weighted by Gasteiger charge is 2.22. The van der Waals surface area contributed by atoms with Crippen LogP contribution in [0.5, 0.6) is 0 Å². The van der Waals surface area contributed by atoms with Gasteiger partial charge in [-0.3, -0.25) is 0 Å². The first-order chi connectivity index (χ1) is 8.34. The van der Waals surface area contributed by atoms with Gasteiger partial charge in [0.25, 0.3) is 0 Å². The molecule has 1 unspecified atom stereocenters. The summed E-state index contributed by atoms with van der Waals surface area (Å²) in [5.74, 6) is 1.11. The van der Waals surface area contributed by atoms with Crippen molar-refractivity contribution in [3.63, 3.8) is 0 Å². The number of fused-ring (bicyclic) bond motifs is 1. The van der Waals surface area contributed by atoms with E-state index in [2.05, 4.69) is 11.4 Å². The Morgan fingerprint density at radius 3 is 3.00 bits per heavy atom. The molecule has 1 heterocycles. The van der Waals surface area contributed by atoms with Crippen LogP contribution in [0.25, 0.3) is 0 Å². The van der Waals surface area contributed by atoms with Crippen LogP contribution < -0.4 is 5.32 Å². The molecule has 1 aliphatic carbocycles. The molecular weight excluding hydrogens is 234 g/mol. The lowest BCUT2D eigenvalue weighted by atomic mass is 9.93. The van der Waals surface area contributed by atoms with Crippen molar-refractivity contribution in [3.05, 3.63) is 52.9 Å². The minimum absolute atomic E-state index is 0.317. The van der Waals surface area contributed by atoms with E-state index < -0.39 is 0 Å². The molecule has 3 rings (SSSR count). The third kappa shape index (κ3) is 2.05. The predicted molar refractivity (Wildman–Crippen MR) is 69.5 cm³/mol.